The molecule has 46 heavy (non-hydrogen) atoms. The van der Waals surface area contributed by atoms with Gasteiger partial charge >= 0.3 is 12.2 Å². The van der Waals surface area contributed by atoms with E-state index >= 15 is 0 Å². The number of nitrogens with zero attached hydrogens (tertiary/aromatic N) is 6. The molecular weight excluding hydrogens is 599 g/mol. The maximum Gasteiger partial charge on any atom is 0.415 e. The molecule has 2 unspecified atom stereocenters. The first-order chi connectivity index (χ1) is 21.4. The molecule has 4 heterocycles. The van der Waals surface area contributed by atoms with Crippen LogP contribution in [-0.4, -0.2) is 84.7 Å². The van der Waals surface area contributed by atoms with Gasteiger partial charge in [-0.2, -0.15) is 9.61 Å². The van der Waals surface area contributed by atoms with Crippen molar-refractivity contribution in [2.45, 2.75) is 90.7 Å². The fourth-order valence-electron chi connectivity index (χ4n) is 5.67. The maximum atomic E-state index is 13.8. The zero-order valence-corrected chi connectivity index (χ0v) is 27.1. The van der Waals surface area contributed by atoms with Crippen LogP contribution in [0.15, 0.2) is 35.4 Å². The monoisotopic (exact) mass is 640 g/mol. The molecule has 1 aliphatic carbocycles. The molecule has 3 amide bonds. The van der Waals surface area contributed by atoms with Gasteiger partial charge in [0.05, 0.1) is 12.2 Å². The van der Waals surface area contributed by atoms with Crippen LogP contribution in [0.1, 0.15) is 77.2 Å². The summed E-state index contributed by atoms with van der Waals surface area (Å²) in [4.78, 5) is 59.1. The Balaban J connectivity index is 1.51. The molecule has 3 aromatic rings. The predicted molar refractivity (Wildman–Crippen MR) is 169 cm³/mol. The lowest BCUT2D eigenvalue weighted by atomic mass is 9.79. The number of halogens is 1. The standard InChI is InChI=1S/C31H41FN8O6/c1-30(2,3)22-13-17(10-12-39(22)28(43)44)38-11-8-9-20(27(38)42)34-23-15-24(37(7)29(45)46-31(4,5)6)40-25(36-23)18(16-33-40)26(41)35-21-14-19(21)32/h8-9,11,15-17,19,21-22H,10,12-14H2,1-7H3,(H,34,36)(H,35,41)(H,43,44)/t17?,19-,21+,22?/m0/s1. The molecule has 0 bridgehead atoms. The van der Waals surface area contributed by atoms with Crippen molar-refractivity contribution in [2.24, 2.45) is 5.41 Å². The Labute approximate surface area is 265 Å². The van der Waals surface area contributed by atoms with E-state index in [2.05, 4.69) is 20.7 Å². The van der Waals surface area contributed by atoms with Gasteiger partial charge in [-0.15, -0.1) is 0 Å². The number of rotatable bonds is 6. The zero-order valence-electron chi connectivity index (χ0n) is 27.1. The molecule has 1 saturated heterocycles. The molecule has 0 aromatic carbocycles. The van der Waals surface area contributed by atoms with Gasteiger partial charge in [0.1, 0.15) is 34.7 Å². The number of carbonyl (C=O) groups is 3. The Morgan fingerprint density at radius 3 is 2.46 bits per heavy atom. The fourth-order valence-corrected chi connectivity index (χ4v) is 5.67. The summed E-state index contributed by atoms with van der Waals surface area (Å²) in [6.07, 6.45) is 1.34. The number of anilines is 3. The number of nitrogens with one attached hydrogen (secondary N) is 2. The largest absolute Gasteiger partial charge is 0.465 e. The number of carbonyl (C=O) groups excluding carboxylic acids is 2. The summed E-state index contributed by atoms with van der Waals surface area (Å²) in [6.45, 7) is 11.4. The van der Waals surface area contributed by atoms with Crippen LogP contribution in [0, 0.1) is 5.41 Å². The topological polar surface area (TPSA) is 163 Å². The van der Waals surface area contributed by atoms with Gasteiger partial charge in [0.25, 0.3) is 11.5 Å². The minimum atomic E-state index is -1.11. The lowest BCUT2D eigenvalue weighted by molar-refractivity contribution is 0.0423. The number of amides is 3. The second-order valence-corrected chi connectivity index (χ2v) is 14.0. The average Bonchev–Trinajstić information content (AvgIpc) is 3.47. The van der Waals surface area contributed by atoms with Crippen LogP contribution in [-0.2, 0) is 4.74 Å². The number of alkyl halides is 1. The number of hydrogen-bond donors (Lipinski definition) is 3. The average molecular weight is 641 g/mol. The smallest absolute Gasteiger partial charge is 0.415 e. The second kappa shape index (κ2) is 11.9. The zero-order chi connectivity index (χ0) is 33.7. The van der Waals surface area contributed by atoms with Gasteiger partial charge in [0, 0.05) is 44.4 Å². The molecule has 0 spiro atoms. The molecule has 2 aliphatic rings. The Morgan fingerprint density at radius 1 is 1.15 bits per heavy atom. The van der Waals surface area contributed by atoms with Gasteiger partial charge in [-0.1, -0.05) is 20.8 Å². The first-order valence-electron chi connectivity index (χ1n) is 15.2. The lowest BCUT2D eigenvalue weighted by Crippen LogP contribution is -2.52. The van der Waals surface area contributed by atoms with E-state index in [1.54, 1.807) is 43.7 Å². The van der Waals surface area contributed by atoms with Crippen LogP contribution in [0.2, 0.25) is 0 Å². The third-order valence-electron chi connectivity index (χ3n) is 8.19. The van der Waals surface area contributed by atoms with Crippen molar-refractivity contribution in [3.63, 3.8) is 0 Å². The van der Waals surface area contributed by atoms with E-state index in [0.717, 1.165) is 0 Å². The molecule has 3 aromatic heterocycles. The number of aromatic nitrogens is 4. The van der Waals surface area contributed by atoms with Gasteiger partial charge in [-0.3, -0.25) is 14.5 Å². The van der Waals surface area contributed by atoms with Crippen molar-refractivity contribution < 1.29 is 28.6 Å². The fraction of sp³-hybridized carbons (Fsp3) is 0.548. The van der Waals surface area contributed by atoms with E-state index in [0.29, 0.717) is 19.4 Å². The Bertz CT molecular complexity index is 1720. The van der Waals surface area contributed by atoms with Crippen LogP contribution in [0.5, 0.6) is 0 Å². The highest BCUT2D eigenvalue weighted by Gasteiger charge is 2.40. The van der Waals surface area contributed by atoms with E-state index in [9.17, 15) is 28.7 Å². The molecule has 5 rings (SSSR count). The molecule has 248 valence electrons. The summed E-state index contributed by atoms with van der Waals surface area (Å²) in [5, 5.41) is 19.7. The molecular formula is C31H41FN8O6. The Morgan fingerprint density at radius 2 is 1.85 bits per heavy atom. The van der Waals surface area contributed by atoms with Crippen LogP contribution in [0.25, 0.3) is 5.65 Å². The summed E-state index contributed by atoms with van der Waals surface area (Å²) < 4.78 is 22.0. The number of fused-ring (bicyclic) bond motifs is 1. The summed E-state index contributed by atoms with van der Waals surface area (Å²) in [5.41, 5.74) is -1.15. The molecule has 1 saturated carbocycles. The van der Waals surface area contributed by atoms with Gasteiger partial charge in [-0.25, -0.2) is 19.0 Å². The van der Waals surface area contributed by atoms with Crippen LogP contribution in [0.4, 0.5) is 31.3 Å². The third kappa shape index (κ3) is 6.77. The highest BCUT2D eigenvalue weighted by atomic mass is 19.1. The molecule has 2 fully saturated rings. The third-order valence-corrected chi connectivity index (χ3v) is 8.19. The first-order valence-corrected chi connectivity index (χ1v) is 15.2. The van der Waals surface area contributed by atoms with Crippen LogP contribution in [0.3, 0.4) is 0 Å². The minimum absolute atomic E-state index is 0.0606. The van der Waals surface area contributed by atoms with Gasteiger partial charge in [-0.05, 0) is 51.2 Å². The van der Waals surface area contributed by atoms with Crippen molar-refractivity contribution in [2.75, 3.05) is 23.8 Å². The quantitative estimate of drug-likeness (QED) is 0.350. The SMILES string of the molecule is CN(C(=O)OC(C)(C)C)c1cc(Nc2cccn(C3CCN(C(=O)O)C(C(C)(C)C)C3)c2=O)nc2c(C(=O)N[C@@H]3C[C@@H]3F)cnn12. The summed E-state index contributed by atoms with van der Waals surface area (Å²) >= 11 is 0. The van der Waals surface area contributed by atoms with Crippen molar-refractivity contribution in [3.05, 3.63) is 46.5 Å². The number of ether oxygens (including phenoxy) is 1. The summed E-state index contributed by atoms with van der Waals surface area (Å²) in [6, 6.07) is 3.68. The number of hydrogen-bond acceptors (Lipinski definition) is 8. The Kier molecular flexibility index (Phi) is 8.47. The highest BCUT2D eigenvalue weighted by molar-refractivity contribution is 6.01. The molecule has 14 nitrogen and oxygen atoms in total. The first kappa shape index (κ1) is 32.7. The minimum Gasteiger partial charge on any atom is -0.465 e. The number of carboxylic acid groups (broad SMARTS) is 1. The molecule has 0 radical (unpaired) electrons. The van der Waals surface area contributed by atoms with Gasteiger partial charge < -0.3 is 29.9 Å². The summed E-state index contributed by atoms with van der Waals surface area (Å²) in [5.74, 6) is -0.231. The van der Waals surface area contributed by atoms with Crippen molar-refractivity contribution in [3.8, 4) is 0 Å². The van der Waals surface area contributed by atoms with E-state index in [4.69, 9.17) is 4.74 Å². The number of pyridine rings is 1. The molecule has 1 aliphatic heterocycles. The molecule has 4 atom stereocenters. The predicted octanol–water partition coefficient (Wildman–Crippen LogP) is 4.58. The van der Waals surface area contributed by atoms with E-state index in [-0.39, 0.29) is 58.0 Å². The Hall–Kier alpha value is -4.69. The van der Waals surface area contributed by atoms with E-state index in [1.807, 2.05) is 20.8 Å². The number of piperidine rings is 1. The molecule has 3 N–H and O–H groups in total. The number of likely N-dealkylation sites (tertiary alicyclic amines) is 1. The second-order valence-electron chi connectivity index (χ2n) is 14.0. The van der Waals surface area contributed by atoms with Crippen molar-refractivity contribution >= 4 is 41.1 Å². The molecule has 15 heteroatoms. The van der Waals surface area contributed by atoms with E-state index < -0.39 is 35.9 Å². The van der Waals surface area contributed by atoms with Crippen molar-refractivity contribution in [1.82, 2.24) is 29.4 Å². The van der Waals surface area contributed by atoms with Crippen LogP contribution >= 0.6 is 0 Å². The lowest BCUT2D eigenvalue weighted by Gasteiger charge is -2.45. The van der Waals surface area contributed by atoms with Crippen LogP contribution < -0.4 is 21.1 Å². The van der Waals surface area contributed by atoms with Gasteiger partial charge in [0.15, 0.2) is 5.65 Å². The van der Waals surface area contributed by atoms with E-state index in [1.165, 1.54) is 33.6 Å². The van der Waals surface area contributed by atoms with Gasteiger partial charge in [0.2, 0.25) is 0 Å². The maximum absolute atomic E-state index is 13.8. The highest BCUT2D eigenvalue weighted by Crippen LogP contribution is 2.36. The normalized spacial score (nSPS) is 21.5. The van der Waals surface area contributed by atoms with Crippen molar-refractivity contribution in [1.29, 1.82) is 0 Å². The summed E-state index contributed by atoms with van der Waals surface area (Å²) in [7, 11) is 1.48.